The highest BCUT2D eigenvalue weighted by Crippen LogP contribution is 2.38. The van der Waals surface area contributed by atoms with Gasteiger partial charge in [0.1, 0.15) is 5.60 Å². The van der Waals surface area contributed by atoms with Gasteiger partial charge in [0.2, 0.25) is 0 Å². The van der Waals surface area contributed by atoms with Crippen molar-refractivity contribution in [3.8, 4) is 0 Å². The summed E-state index contributed by atoms with van der Waals surface area (Å²) in [7, 11) is 0. The fourth-order valence-electron chi connectivity index (χ4n) is 2.86. The average molecular weight is 270 g/mol. The number of amides is 1. The van der Waals surface area contributed by atoms with Crippen LogP contribution in [-0.2, 0) is 9.47 Å². The first kappa shape index (κ1) is 14.6. The van der Waals surface area contributed by atoms with Crippen molar-refractivity contribution >= 4 is 6.09 Å². The molecule has 2 saturated heterocycles. The first-order valence-corrected chi connectivity index (χ1v) is 7.15. The first-order valence-electron chi connectivity index (χ1n) is 7.15. The Labute approximate surface area is 115 Å². The van der Waals surface area contributed by atoms with E-state index in [-0.39, 0.29) is 11.7 Å². The lowest BCUT2D eigenvalue weighted by atomic mass is 9.85. The van der Waals surface area contributed by atoms with Crippen LogP contribution in [0.2, 0.25) is 0 Å². The van der Waals surface area contributed by atoms with Crippen LogP contribution in [-0.4, -0.2) is 48.4 Å². The molecule has 5 heteroatoms. The third-order valence-corrected chi connectivity index (χ3v) is 3.95. The van der Waals surface area contributed by atoms with E-state index in [4.69, 9.17) is 15.2 Å². The summed E-state index contributed by atoms with van der Waals surface area (Å²) >= 11 is 0. The third-order valence-electron chi connectivity index (χ3n) is 3.95. The van der Waals surface area contributed by atoms with E-state index in [0.717, 1.165) is 25.9 Å². The highest BCUT2D eigenvalue weighted by molar-refractivity contribution is 5.68. The Morgan fingerprint density at radius 3 is 2.53 bits per heavy atom. The molecular formula is C14H26N2O3. The highest BCUT2D eigenvalue weighted by atomic mass is 16.6. The number of ether oxygens (including phenoxy) is 2. The van der Waals surface area contributed by atoms with Crippen LogP contribution in [0.1, 0.15) is 40.0 Å². The van der Waals surface area contributed by atoms with Gasteiger partial charge in [0.05, 0.1) is 12.2 Å². The van der Waals surface area contributed by atoms with Crippen molar-refractivity contribution in [1.29, 1.82) is 0 Å². The monoisotopic (exact) mass is 270 g/mol. The van der Waals surface area contributed by atoms with Crippen molar-refractivity contribution in [2.24, 2.45) is 11.7 Å². The molecule has 0 aromatic heterocycles. The molecule has 1 spiro atoms. The average Bonchev–Trinajstić information content (AvgIpc) is 2.71. The van der Waals surface area contributed by atoms with E-state index in [9.17, 15) is 4.79 Å². The molecule has 2 aliphatic heterocycles. The minimum absolute atomic E-state index is 0.0391. The van der Waals surface area contributed by atoms with Gasteiger partial charge in [-0.1, -0.05) is 0 Å². The van der Waals surface area contributed by atoms with E-state index >= 15 is 0 Å². The number of hydrogen-bond donors (Lipinski definition) is 1. The molecule has 0 aromatic rings. The van der Waals surface area contributed by atoms with Gasteiger partial charge in [0.25, 0.3) is 0 Å². The van der Waals surface area contributed by atoms with E-state index in [1.807, 2.05) is 20.8 Å². The van der Waals surface area contributed by atoms with Gasteiger partial charge < -0.3 is 20.1 Å². The second kappa shape index (κ2) is 5.29. The zero-order chi connectivity index (χ0) is 14.1. The zero-order valence-corrected chi connectivity index (χ0v) is 12.3. The largest absolute Gasteiger partial charge is 0.444 e. The molecule has 2 aliphatic rings. The molecule has 0 aliphatic carbocycles. The van der Waals surface area contributed by atoms with Gasteiger partial charge >= 0.3 is 6.09 Å². The van der Waals surface area contributed by atoms with Crippen LogP contribution < -0.4 is 5.73 Å². The van der Waals surface area contributed by atoms with E-state index in [1.165, 1.54) is 0 Å². The molecule has 5 nitrogen and oxygen atoms in total. The molecule has 2 rings (SSSR count). The maximum Gasteiger partial charge on any atom is 0.410 e. The molecule has 0 saturated carbocycles. The maximum atomic E-state index is 12.0. The summed E-state index contributed by atoms with van der Waals surface area (Å²) in [6.07, 6.45) is 2.60. The Kier molecular flexibility index (Phi) is 4.06. The quantitative estimate of drug-likeness (QED) is 0.788. The Morgan fingerprint density at radius 2 is 2.05 bits per heavy atom. The van der Waals surface area contributed by atoms with Gasteiger partial charge in [-0.3, -0.25) is 0 Å². The molecule has 0 unspecified atom stereocenters. The van der Waals surface area contributed by atoms with Crippen LogP contribution in [0.4, 0.5) is 4.79 Å². The highest BCUT2D eigenvalue weighted by Gasteiger charge is 2.43. The Bertz CT molecular complexity index is 330. The zero-order valence-electron chi connectivity index (χ0n) is 12.3. The van der Waals surface area contributed by atoms with Crippen molar-refractivity contribution in [3.63, 3.8) is 0 Å². The summed E-state index contributed by atoms with van der Waals surface area (Å²) in [4.78, 5) is 13.8. The summed E-state index contributed by atoms with van der Waals surface area (Å²) in [5.74, 6) is 0.480. The summed E-state index contributed by atoms with van der Waals surface area (Å²) in [5.41, 5.74) is 5.24. The van der Waals surface area contributed by atoms with Crippen LogP contribution in [0, 0.1) is 5.92 Å². The van der Waals surface area contributed by atoms with Crippen LogP contribution >= 0.6 is 0 Å². The van der Waals surface area contributed by atoms with Crippen LogP contribution in [0.5, 0.6) is 0 Å². The second-order valence-corrected chi connectivity index (χ2v) is 6.77. The number of carbonyl (C=O) groups is 1. The fourth-order valence-corrected chi connectivity index (χ4v) is 2.86. The lowest BCUT2D eigenvalue weighted by Gasteiger charge is -2.39. The number of nitrogens with two attached hydrogens (primary N) is 1. The molecule has 19 heavy (non-hydrogen) atoms. The molecule has 2 fully saturated rings. The van der Waals surface area contributed by atoms with Crippen molar-refractivity contribution in [3.05, 3.63) is 0 Å². The number of rotatable bonds is 1. The minimum atomic E-state index is -0.430. The van der Waals surface area contributed by atoms with Gasteiger partial charge in [0, 0.05) is 13.1 Å². The molecule has 1 amide bonds. The normalized spacial score (nSPS) is 26.7. The van der Waals surface area contributed by atoms with E-state index < -0.39 is 5.60 Å². The predicted octanol–water partition coefficient (Wildman–Crippen LogP) is 1.75. The van der Waals surface area contributed by atoms with Crippen LogP contribution in [0.3, 0.4) is 0 Å². The topological polar surface area (TPSA) is 64.8 Å². The van der Waals surface area contributed by atoms with E-state index in [1.54, 1.807) is 4.90 Å². The van der Waals surface area contributed by atoms with E-state index in [2.05, 4.69) is 0 Å². The molecule has 0 aromatic carbocycles. The summed E-state index contributed by atoms with van der Waals surface area (Å²) in [6, 6.07) is 0. The molecular weight excluding hydrogens is 244 g/mol. The summed E-state index contributed by atoms with van der Waals surface area (Å²) in [5, 5.41) is 0. The number of nitrogens with zero attached hydrogens (tertiary/aromatic N) is 1. The molecule has 1 atom stereocenters. The van der Waals surface area contributed by atoms with Crippen molar-refractivity contribution in [1.82, 2.24) is 4.90 Å². The van der Waals surface area contributed by atoms with Crippen molar-refractivity contribution < 1.29 is 14.3 Å². The lowest BCUT2D eigenvalue weighted by molar-refractivity contribution is -0.0486. The Morgan fingerprint density at radius 1 is 1.42 bits per heavy atom. The molecule has 0 bridgehead atoms. The minimum Gasteiger partial charge on any atom is -0.444 e. The van der Waals surface area contributed by atoms with E-state index in [0.29, 0.717) is 25.6 Å². The fraction of sp³-hybridized carbons (Fsp3) is 0.929. The SMILES string of the molecule is CC(C)(C)OC(=O)N1CCC2(CC1)C[C@H](CN)CO2. The lowest BCUT2D eigenvalue weighted by Crippen LogP contribution is -2.48. The van der Waals surface area contributed by atoms with Gasteiger partial charge in [0.15, 0.2) is 0 Å². The first-order chi connectivity index (χ1) is 8.84. The molecule has 0 radical (unpaired) electrons. The Balaban J connectivity index is 1.84. The number of likely N-dealkylation sites (tertiary alicyclic amines) is 1. The van der Waals surface area contributed by atoms with Crippen LogP contribution in [0.15, 0.2) is 0 Å². The molecule has 2 heterocycles. The predicted molar refractivity (Wildman–Crippen MR) is 72.9 cm³/mol. The van der Waals surface area contributed by atoms with Gasteiger partial charge in [-0.2, -0.15) is 0 Å². The van der Waals surface area contributed by atoms with Gasteiger partial charge in [-0.05, 0) is 52.5 Å². The smallest absolute Gasteiger partial charge is 0.410 e. The third kappa shape index (κ3) is 3.60. The second-order valence-electron chi connectivity index (χ2n) is 6.77. The number of hydrogen-bond acceptors (Lipinski definition) is 4. The van der Waals surface area contributed by atoms with Crippen molar-refractivity contribution in [2.45, 2.75) is 51.2 Å². The van der Waals surface area contributed by atoms with Gasteiger partial charge in [-0.25, -0.2) is 4.79 Å². The molecule has 2 N–H and O–H groups in total. The number of carbonyl (C=O) groups excluding carboxylic acids is 1. The Hall–Kier alpha value is -0.810. The summed E-state index contributed by atoms with van der Waals surface area (Å²) in [6.45, 7) is 8.56. The standard InChI is InChI=1S/C14H26N2O3/c1-13(2,3)19-12(17)16-6-4-14(5-7-16)8-11(9-15)10-18-14/h11H,4-10,15H2,1-3H3/t11-/m1/s1. The van der Waals surface area contributed by atoms with Crippen LogP contribution in [0.25, 0.3) is 0 Å². The number of piperidine rings is 1. The summed E-state index contributed by atoms with van der Waals surface area (Å²) < 4.78 is 11.4. The maximum absolute atomic E-state index is 12.0. The van der Waals surface area contributed by atoms with Gasteiger partial charge in [-0.15, -0.1) is 0 Å². The van der Waals surface area contributed by atoms with Crippen molar-refractivity contribution in [2.75, 3.05) is 26.2 Å². The molecule has 110 valence electrons.